The minimum Gasteiger partial charge on any atom is -0.314 e. The van der Waals surface area contributed by atoms with Gasteiger partial charge in [0.05, 0.1) is 0 Å². The number of terminal acetylenes is 1. The van der Waals surface area contributed by atoms with Crippen molar-refractivity contribution < 1.29 is 0 Å². The van der Waals surface area contributed by atoms with Crippen molar-refractivity contribution >= 4 is 11.8 Å². The first kappa shape index (κ1) is 12.9. The SMILES string of the molecule is C#CCCC(CCSC)NCCC. The van der Waals surface area contributed by atoms with Gasteiger partial charge < -0.3 is 5.32 Å². The Bertz CT molecular complexity index is 132. The first-order valence-corrected chi connectivity index (χ1v) is 6.40. The highest BCUT2D eigenvalue weighted by atomic mass is 32.2. The Morgan fingerprint density at radius 1 is 1.46 bits per heavy atom. The van der Waals surface area contributed by atoms with E-state index in [9.17, 15) is 0 Å². The summed E-state index contributed by atoms with van der Waals surface area (Å²) in [6.07, 6.45) is 11.9. The molecule has 0 fully saturated rings. The molecular weight excluding hydrogens is 178 g/mol. The zero-order valence-electron chi connectivity index (χ0n) is 8.81. The first-order chi connectivity index (χ1) is 6.35. The maximum absolute atomic E-state index is 5.25. The molecular formula is C11H21NS. The fourth-order valence-electron chi connectivity index (χ4n) is 1.21. The maximum atomic E-state index is 5.25. The molecule has 0 spiro atoms. The average Bonchev–Trinajstić information content (AvgIpc) is 2.17. The van der Waals surface area contributed by atoms with Gasteiger partial charge in [-0.15, -0.1) is 12.3 Å². The number of thioether (sulfide) groups is 1. The van der Waals surface area contributed by atoms with Gasteiger partial charge in [-0.05, 0) is 37.8 Å². The van der Waals surface area contributed by atoms with Crippen LogP contribution in [0.15, 0.2) is 0 Å². The molecule has 76 valence electrons. The van der Waals surface area contributed by atoms with Crippen LogP contribution in [-0.4, -0.2) is 24.6 Å². The molecule has 0 heterocycles. The van der Waals surface area contributed by atoms with Gasteiger partial charge in [0, 0.05) is 12.5 Å². The van der Waals surface area contributed by atoms with Crippen molar-refractivity contribution in [3.05, 3.63) is 0 Å². The summed E-state index contributed by atoms with van der Waals surface area (Å²) in [6.45, 7) is 3.31. The number of hydrogen-bond donors (Lipinski definition) is 1. The summed E-state index contributed by atoms with van der Waals surface area (Å²) < 4.78 is 0. The summed E-state index contributed by atoms with van der Waals surface area (Å²) in [4.78, 5) is 0. The van der Waals surface area contributed by atoms with Crippen LogP contribution in [0.5, 0.6) is 0 Å². The third kappa shape index (κ3) is 8.21. The van der Waals surface area contributed by atoms with Gasteiger partial charge in [0.15, 0.2) is 0 Å². The Kier molecular flexibility index (Phi) is 9.85. The Labute approximate surface area is 87.1 Å². The number of rotatable bonds is 8. The van der Waals surface area contributed by atoms with Gasteiger partial charge in [-0.2, -0.15) is 11.8 Å². The van der Waals surface area contributed by atoms with E-state index in [1.54, 1.807) is 0 Å². The predicted molar refractivity (Wildman–Crippen MR) is 63.1 cm³/mol. The largest absolute Gasteiger partial charge is 0.314 e. The molecule has 0 rings (SSSR count). The first-order valence-electron chi connectivity index (χ1n) is 5.00. The van der Waals surface area contributed by atoms with Gasteiger partial charge in [0.2, 0.25) is 0 Å². The van der Waals surface area contributed by atoms with E-state index >= 15 is 0 Å². The van der Waals surface area contributed by atoms with Crippen LogP contribution >= 0.6 is 11.8 Å². The van der Waals surface area contributed by atoms with E-state index in [0.29, 0.717) is 6.04 Å². The zero-order valence-corrected chi connectivity index (χ0v) is 9.62. The normalized spacial score (nSPS) is 12.4. The van der Waals surface area contributed by atoms with Crippen LogP contribution in [0.3, 0.4) is 0 Å². The molecule has 0 bridgehead atoms. The summed E-state index contributed by atoms with van der Waals surface area (Å²) in [5.41, 5.74) is 0. The second-order valence-corrected chi connectivity index (χ2v) is 4.16. The Hall–Kier alpha value is -0.130. The van der Waals surface area contributed by atoms with Crippen molar-refractivity contribution in [2.45, 2.75) is 38.6 Å². The van der Waals surface area contributed by atoms with E-state index in [1.807, 2.05) is 11.8 Å². The molecule has 0 radical (unpaired) electrons. The lowest BCUT2D eigenvalue weighted by atomic mass is 10.1. The van der Waals surface area contributed by atoms with Crippen LogP contribution in [0, 0.1) is 12.3 Å². The van der Waals surface area contributed by atoms with Crippen LogP contribution in [-0.2, 0) is 0 Å². The molecule has 1 unspecified atom stereocenters. The van der Waals surface area contributed by atoms with E-state index in [0.717, 1.165) is 19.4 Å². The maximum Gasteiger partial charge on any atom is 0.0101 e. The highest BCUT2D eigenvalue weighted by molar-refractivity contribution is 7.98. The molecule has 0 saturated heterocycles. The van der Waals surface area contributed by atoms with Crippen molar-refractivity contribution in [2.24, 2.45) is 0 Å². The van der Waals surface area contributed by atoms with E-state index in [2.05, 4.69) is 24.4 Å². The molecule has 13 heavy (non-hydrogen) atoms. The molecule has 0 aliphatic carbocycles. The van der Waals surface area contributed by atoms with Gasteiger partial charge in [-0.25, -0.2) is 0 Å². The topological polar surface area (TPSA) is 12.0 Å². The number of nitrogens with one attached hydrogen (secondary N) is 1. The van der Waals surface area contributed by atoms with Crippen LogP contribution < -0.4 is 5.32 Å². The Morgan fingerprint density at radius 2 is 2.23 bits per heavy atom. The molecule has 1 nitrogen and oxygen atoms in total. The molecule has 1 N–H and O–H groups in total. The van der Waals surface area contributed by atoms with Crippen molar-refractivity contribution in [3.8, 4) is 12.3 Å². The third-order valence-corrected chi connectivity index (χ3v) is 2.63. The lowest BCUT2D eigenvalue weighted by Gasteiger charge is -2.16. The quantitative estimate of drug-likeness (QED) is 0.603. The van der Waals surface area contributed by atoms with Crippen molar-refractivity contribution in [1.29, 1.82) is 0 Å². The van der Waals surface area contributed by atoms with E-state index in [1.165, 1.54) is 18.6 Å². The van der Waals surface area contributed by atoms with E-state index in [-0.39, 0.29) is 0 Å². The summed E-state index contributed by atoms with van der Waals surface area (Å²) in [5.74, 6) is 3.93. The molecule has 0 aromatic heterocycles. The van der Waals surface area contributed by atoms with E-state index in [4.69, 9.17) is 6.42 Å². The molecule has 0 aromatic carbocycles. The third-order valence-electron chi connectivity index (χ3n) is 1.99. The average molecular weight is 199 g/mol. The highest BCUT2D eigenvalue weighted by Crippen LogP contribution is 2.06. The minimum atomic E-state index is 0.628. The van der Waals surface area contributed by atoms with Crippen LogP contribution in [0.1, 0.15) is 32.6 Å². The molecule has 0 aliphatic heterocycles. The zero-order chi connectivity index (χ0) is 9.94. The van der Waals surface area contributed by atoms with Crippen LogP contribution in [0.4, 0.5) is 0 Å². The molecule has 1 atom stereocenters. The standard InChI is InChI=1S/C11H21NS/c1-4-6-7-11(8-10-13-3)12-9-5-2/h1,11-12H,5-10H2,2-3H3. The smallest absolute Gasteiger partial charge is 0.0101 e. The molecule has 2 heteroatoms. The fraction of sp³-hybridized carbons (Fsp3) is 0.818. The predicted octanol–water partition coefficient (Wildman–Crippen LogP) is 2.52. The summed E-state index contributed by atoms with van der Waals surface area (Å²) >= 11 is 1.91. The van der Waals surface area contributed by atoms with Crippen molar-refractivity contribution in [2.75, 3.05) is 18.6 Å². The second kappa shape index (κ2) is 9.95. The molecule has 0 amide bonds. The van der Waals surface area contributed by atoms with Crippen LogP contribution in [0.25, 0.3) is 0 Å². The summed E-state index contributed by atoms with van der Waals surface area (Å²) in [6, 6.07) is 0.628. The second-order valence-electron chi connectivity index (χ2n) is 3.18. The van der Waals surface area contributed by atoms with Crippen molar-refractivity contribution in [3.63, 3.8) is 0 Å². The lowest BCUT2D eigenvalue weighted by Crippen LogP contribution is -2.30. The summed E-state index contributed by atoms with van der Waals surface area (Å²) in [7, 11) is 0. The molecule has 0 aromatic rings. The minimum absolute atomic E-state index is 0.628. The Morgan fingerprint density at radius 3 is 2.77 bits per heavy atom. The van der Waals surface area contributed by atoms with Crippen molar-refractivity contribution in [1.82, 2.24) is 5.32 Å². The monoisotopic (exact) mass is 199 g/mol. The van der Waals surface area contributed by atoms with Gasteiger partial charge >= 0.3 is 0 Å². The highest BCUT2D eigenvalue weighted by Gasteiger charge is 2.05. The lowest BCUT2D eigenvalue weighted by molar-refractivity contribution is 0.476. The summed E-state index contributed by atoms with van der Waals surface area (Å²) in [5, 5.41) is 3.53. The van der Waals surface area contributed by atoms with Crippen LogP contribution in [0.2, 0.25) is 0 Å². The Balaban J connectivity index is 3.54. The van der Waals surface area contributed by atoms with Gasteiger partial charge in [-0.1, -0.05) is 6.92 Å². The number of hydrogen-bond acceptors (Lipinski definition) is 2. The van der Waals surface area contributed by atoms with Gasteiger partial charge in [-0.3, -0.25) is 0 Å². The van der Waals surface area contributed by atoms with E-state index < -0.39 is 0 Å². The van der Waals surface area contributed by atoms with Gasteiger partial charge in [0.25, 0.3) is 0 Å². The fourth-order valence-corrected chi connectivity index (χ4v) is 1.73. The molecule has 0 aliphatic rings. The van der Waals surface area contributed by atoms with Gasteiger partial charge in [0.1, 0.15) is 0 Å². The molecule has 0 saturated carbocycles.